The molecule has 0 aliphatic heterocycles. The topological polar surface area (TPSA) is 40.9 Å². The van der Waals surface area contributed by atoms with E-state index in [1.807, 2.05) is 6.07 Å². The van der Waals surface area contributed by atoms with Gasteiger partial charge in [-0.1, -0.05) is 11.6 Å². The van der Waals surface area contributed by atoms with E-state index in [9.17, 15) is 4.21 Å². The molecule has 1 rings (SSSR count). The summed E-state index contributed by atoms with van der Waals surface area (Å²) in [7, 11) is -1.00. The van der Waals surface area contributed by atoms with E-state index in [-0.39, 0.29) is 0 Å². The van der Waals surface area contributed by atoms with Crippen molar-refractivity contribution in [2.45, 2.75) is 17.7 Å². The van der Waals surface area contributed by atoms with Crippen molar-refractivity contribution in [3.05, 3.63) is 29.3 Å². The smallest absolute Gasteiger partial charge is 0.0622 e. The van der Waals surface area contributed by atoms with Gasteiger partial charge in [0, 0.05) is 22.1 Å². The molecule has 2 nitrogen and oxygen atoms in total. The van der Waals surface area contributed by atoms with Gasteiger partial charge in [-0.05, 0) is 30.7 Å². The molecule has 74 valence electrons. The molecule has 0 saturated heterocycles. The summed E-state index contributed by atoms with van der Waals surface area (Å²) in [6.45, 7) is 0. The minimum Gasteiger partial charge on any atom is -0.254 e. The van der Waals surface area contributed by atoms with Crippen LogP contribution in [-0.2, 0) is 10.8 Å². The number of nitriles is 1. The van der Waals surface area contributed by atoms with E-state index in [1.54, 1.807) is 24.3 Å². The Labute approximate surface area is 91.0 Å². The molecule has 0 N–H and O–H groups in total. The molecule has 14 heavy (non-hydrogen) atoms. The van der Waals surface area contributed by atoms with Crippen molar-refractivity contribution < 1.29 is 4.21 Å². The van der Waals surface area contributed by atoms with Crippen LogP contribution in [0.5, 0.6) is 0 Å². The highest BCUT2D eigenvalue weighted by atomic mass is 35.5. The zero-order valence-corrected chi connectivity index (χ0v) is 9.14. The average Bonchev–Trinajstić information content (AvgIpc) is 2.19. The van der Waals surface area contributed by atoms with Crippen LogP contribution >= 0.6 is 11.6 Å². The molecule has 1 atom stereocenters. The van der Waals surface area contributed by atoms with Crippen LogP contribution in [0.3, 0.4) is 0 Å². The third-order valence-electron chi connectivity index (χ3n) is 1.69. The molecule has 0 aromatic heterocycles. The molecule has 0 aliphatic rings. The summed E-state index contributed by atoms with van der Waals surface area (Å²) in [6.07, 6.45) is 1.13. The molecule has 0 spiro atoms. The van der Waals surface area contributed by atoms with Crippen LogP contribution in [-0.4, -0.2) is 9.96 Å². The molecule has 0 radical (unpaired) electrons. The highest BCUT2D eigenvalue weighted by Gasteiger charge is 2.02. The first-order chi connectivity index (χ1) is 6.74. The number of nitrogens with zero attached hydrogens (tertiary/aromatic N) is 1. The maximum atomic E-state index is 11.6. The van der Waals surface area contributed by atoms with E-state index in [4.69, 9.17) is 16.9 Å². The molecule has 1 unspecified atom stereocenters. The Morgan fingerprint density at radius 3 is 2.57 bits per heavy atom. The van der Waals surface area contributed by atoms with Crippen molar-refractivity contribution in [1.29, 1.82) is 5.26 Å². The Bertz CT molecular complexity index is 355. The molecular formula is C10H10ClNOS. The Morgan fingerprint density at radius 1 is 1.36 bits per heavy atom. The lowest BCUT2D eigenvalue weighted by molar-refractivity contribution is 0.681. The Hall–Kier alpha value is -0.850. The summed E-state index contributed by atoms with van der Waals surface area (Å²) >= 11 is 5.70. The molecule has 0 bridgehead atoms. The number of hydrogen-bond donors (Lipinski definition) is 0. The van der Waals surface area contributed by atoms with E-state index in [2.05, 4.69) is 0 Å². The first-order valence-corrected chi connectivity index (χ1v) is 5.94. The minimum absolute atomic E-state index is 0.458. The first kappa shape index (κ1) is 11.2. The van der Waals surface area contributed by atoms with Gasteiger partial charge in [-0.3, -0.25) is 4.21 Å². The Balaban J connectivity index is 2.53. The van der Waals surface area contributed by atoms with Gasteiger partial charge in [-0.25, -0.2) is 0 Å². The minimum atomic E-state index is -1.00. The van der Waals surface area contributed by atoms with E-state index < -0.39 is 10.8 Å². The molecule has 0 aliphatic carbocycles. The zero-order valence-electron chi connectivity index (χ0n) is 7.57. The lowest BCUT2D eigenvalue weighted by Crippen LogP contribution is -1.97. The molecule has 0 amide bonds. The molecule has 0 saturated carbocycles. The molecule has 1 aromatic carbocycles. The fourth-order valence-electron chi connectivity index (χ4n) is 0.987. The number of benzene rings is 1. The molecule has 0 fully saturated rings. The second kappa shape index (κ2) is 5.79. The quantitative estimate of drug-likeness (QED) is 0.743. The second-order valence-corrected chi connectivity index (χ2v) is 4.77. The van der Waals surface area contributed by atoms with Crippen LogP contribution in [0.25, 0.3) is 0 Å². The predicted molar refractivity (Wildman–Crippen MR) is 57.6 cm³/mol. The molecule has 4 heteroatoms. The first-order valence-electron chi connectivity index (χ1n) is 4.25. The Kier molecular flexibility index (Phi) is 4.64. The lowest BCUT2D eigenvalue weighted by atomic mass is 10.4. The normalized spacial score (nSPS) is 12.0. The molecule has 1 aromatic rings. The van der Waals surface area contributed by atoms with Crippen molar-refractivity contribution in [2.75, 3.05) is 5.75 Å². The van der Waals surface area contributed by atoms with Crippen LogP contribution in [0.4, 0.5) is 0 Å². The summed E-state index contributed by atoms with van der Waals surface area (Å²) in [5, 5.41) is 8.96. The van der Waals surface area contributed by atoms with Crippen LogP contribution in [0, 0.1) is 11.3 Å². The van der Waals surface area contributed by atoms with Gasteiger partial charge in [0.25, 0.3) is 0 Å². The van der Waals surface area contributed by atoms with Gasteiger partial charge in [0.15, 0.2) is 0 Å². The summed E-state index contributed by atoms with van der Waals surface area (Å²) in [4.78, 5) is 0.771. The van der Waals surface area contributed by atoms with Crippen LogP contribution < -0.4 is 0 Å². The summed E-state index contributed by atoms with van der Waals surface area (Å²) in [5.74, 6) is 0.537. The molecular weight excluding hydrogens is 218 g/mol. The third-order valence-corrected chi connectivity index (χ3v) is 3.40. The van der Waals surface area contributed by atoms with Crippen LogP contribution in [0.15, 0.2) is 29.2 Å². The van der Waals surface area contributed by atoms with Gasteiger partial charge >= 0.3 is 0 Å². The van der Waals surface area contributed by atoms with E-state index in [0.29, 0.717) is 23.6 Å². The maximum absolute atomic E-state index is 11.6. The largest absolute Gasteiger partial charge is 0.254 e. The SMILES string of the molecule is N#CCCCS(=O)c1ccc(Cl)cc1. The number of halogens is 1. The highest BCUT2D eigenvalue weighted by Crippen LogP contribution is 2.13. The van der Waals surface area contributed by atoms with Gasteiger partial charge in [0.1, 0.15) is 0 Å². The summed E-state index contributed by atoms with van der Waals surface area (Å²) in [6, 6.07) is 8.98. The fourth-order valence-corrected chi connectivity index (χ4v) is 2.19. The van der Waals surface area contributed by atoms with Crippen molar-refractivity contribution in [1.82, 2.24) is 0 Å². The Morgan fingerprint density at radius 2 is 2.00 bits per heavy atom. The number of rotatable bonds is 4. The maximum Gasteiger partial charge on any atom is 0.0622 e. The number of hydrogen-bond acceptors (Lipinski definition) is 2. The molecule has 0 heterocycles. The second-order valence-electron chi connectivity index (χ2n) is 2.77. The van der Waals surface area contributed by atoms with Gasteiger partial charge in [0.2, 0.25) is 0 Å². The van der Waals surface area contributed by atoms with Crippen LogP contribution in [0.1, 0.15) is 12.8 Å². The lowest BCUT2D eigenvalue weighted by Gasteiger charge is -2.00. The van der Waals surface area contributed by atoms with Gasteiger partial charge in [0.05, 0.1) is 16.9 Å². The number of unbranched alkanes of at least 4 members (excludes halogenated alkanes) is 1. The van der Waals surface area contributed by atoms with E-state index in [1.165, 1.54) is 0 Å². The van der Waals surface area contributed by atoms with Crippen LogP contribution in [0.2, 0.25) is 5.02 Å². The zero-order chi connectivity index (χ0) is 10.4. The van der Waals surface area contributed by atoms with Gasteiger partial charge in [-0.15, -0.1) is 0 Å². The predicted octanol–water partition coefficient (Wildman–Crippen LogP) is 2.75. The summed E-state index contributed by atoms with van der Waals surface area (Å²) in [5.41, 5.74) is 0. The summed E-state index contributed by atoms with van der Waals surface area (Å²) < 4.78 is 11.6. The van der Waals surface area contributed by atoms with Crippen molar-refractivity contribution >= 4 is 22.4 Å². The highest BCUT2D eigenvalue weighted by molar-refractivity contribution is 7.85. The monoisotopic (exact) mass is 227 g/mol. The van der Waals surface area contributed by atoms with Gasteiger partial charge in [-0.2, -0.15) is 5.26 Å². The average molecular weight is 228 g/mol. The third kappa shape index (κ3) is 3.49. The standard InChI is InChI=1S/C10H10ClNOS/c11-9-3-5-10(6-4-9)14(13)8-2-1-7-12/h3-6H,1-2,8H2. The van der Waals surface area contributed by atoms with E-state index >= 15 is 0 Å². The van der Waals surface area contributed by atoms with Crippen molar-refractivity contribution in [2.24, 2.45) is 0 Å². The van der Waals surface area contributed by atoms with Gasteiger partial charge < -0.3 is 0 Å². The van der Waals surface area contributed by atoms with Crippen molar-refractivity contribution in [3.8, 4) is 6.07 Å². The van der Waals surface area contributed by atoms with E-state index in [0.717, 1.165) is 4.90 Å². The fraction of sp³-hybridized carbons (Fsp3) is 0.300. The van der Waals surface area contributed by atoms with Crippen molar-refractivity contribution in [3.63, 3.8) is 0 Å².